The van der Waals surface area contributed by atoms with E-state index in [2.05, 4.69) is 63.8 Å². The van der Waals surface area contributed by atoms with Crippen LogP contribution in [0.3, 0.4) is 0 Å². The molecule has 0 atom stereocenters. The van der Waals surface area contributed by atoms with Crippen molar-refractivity contribution in [3.63, 3.8) is 0 Å². The van der Waals surface area contributed by atoms with Crippen LogP contribution in [0.5, 0.6) is 0 Å². The van der Waals surface area contributed by atoms with E-state index >= 15 is 0 Å². The number of benzene rings is 2. The maximum Gasteiger partial charge on any atom is 0.234 e. The van der Waals surface area contributed by atoms with E-state index in [9.17, 15) is 4.79 Å². The van der Waals surface area contributed by atoms with Gasteiger partial charge in [0.15, 0.2) is 4.34 Å². The van der Waals surface area contributed by atoms with Crippen molar-refractivity contribution in [2.45, 2.75) is 37.4 Å². The van der Waals surface area contributed by atoms with Crippen LogP contribution in [0.2, 0.25) is 0 Å². The maximum atomic E-state index is 12.3. The third-order valence-corrected chi connectivity index (χ3v) is 7.34. The van der Waals surface area contributed by atoms with E-state index in [0.717, 1.165) is 33.9 Å². The van der Waals surface area contributed by atoms with E-state index in [-0.39, 0.29) is 5.91 Å². The summed E-state index contributed by atoms with van der Waals surface area (Å²) in [7, 11) is 0. The van der Waals surface area contributed by atoms with E-state index < -0.39 is 0 Å². The van der Waals surface area contributed by atoms with Gasteiger partial charge in [-0.1, -0.05) is 29.2 Å². The van der Waals surface area contributed by atoms with Crippen molar-refractivity contribution in [3.8, 4) is 0 Å². The van der Waals surface area contributed by atoms with Gasteiger partial charge in [0.25, 0.3) is 0 Å². The minimum atomic E-state index is -0.0467. The molecule has 1 aliphatic rings. The zero-order valence-electron chi connectivity index (χ0n) is 17.9. The largest absolute Gasteiger partial charge is 0.372 e. The summed E-state index contributed by atoms with van der Waals surface area (Å²) >= 11 is 2.84. The topological polar surface area (TPSA) is 70.1 Å². The molecule has 1 saturated heterocycles. The molecule has 3 aromatic rings. The molecule has 1 fully saturated rings. The molecule has 6 nitrogen and oxygen atoms in total. The molecule has 0 aliphatic carbocycles. The van der Waals surface area contributed by atoms with Crippen LogP contribution < -0.4 is 15.5 Å². The highest BCUT2D eigenvalue weighted by molar-refractivity contribution is 8.01. The summed E-state index contributed by atoms with van der Waals surface area (Å²) in [6.45, 7) is 6.41. The highest BCUT2D eigenvalue weighted by Crippen LogP contribution is 2.28. The van der Waals surface area contributed by atoms with Crippen molar-refractivity contribution in [1.82, 2.24) is 10.2 Å². The van der Waals surface area contributed by atoms with Gasteiger partial charge in [0.2, 0.25) is 11.0 Å². The Morgan fingerprint density at radius 2 is 1.74 bits per heavy atom. The van der Waals surface area contributed by atoms with Gasteiger partial charge < -0.3 is 15.5 Å². The van der Waals surface area contributed by atoms with E-state index in [1.165, 1.54) is 59.2 Å². The molecule has 0 unspecified atom stereocenters. The number of nitrogens with one attached hydrogen (secondary N) is 2. The fourth-order valence-corrected chi connectivity index (χ4v) is 5.07. The van der Waals surface area contributed by atoms with Crippen LogP contribution in [0.1, 0.15) is 30.4 Å². The second kappa shape index (κ2) is 10.2. The number of rotatable bonds is 7. The zero-order valence-corrected chi connectivity index (χ0v) is 19.5. The number of amides is 1. The van der Waals surface area contributed by atoms with E-state index in [1.807, 2.05) is 18.2 Å². The molecule has 162 valence electrons. The third kappa shape index (κ3) is 5.98. The molecular formula is C23H27N5OS2. The number of carbonyl (C=O) groups is 1. The summed E-state index contributed by atoms with van der Waals surface area (Å²) in [5.74, 6) is 0.251. The molecular weight excluding hydrogens is 426 g/mol. The molecule has 2 N–H and O–H groups in total. The molecule has 1 aliphatic heterocycles. The number of hydrogen-bond donors (Lipinski definition) is 2. The monoisotopic (exact) mass is 453 g/mol. The SMILES string of the molecule is Cc1ccc(Nc2nnc(SCC(=O)Nc3ccc(N4CCCCC4)cc3)s2)cc1C. The van der Waals surface area contributed by atoms with Crippen LogP contribution in [0, 0.1) is 13.8 Å². The van der Waals surface area contributed by atoms with E-state index in [0.29, 0.717) is 5.75 Å². The Bertz CT molecular complexity index is 1030. The van der Waals surface area contributed by atoms with Crippen molar-refractivity contribution in [2.24, 2.45) is 0 Å². The first kappa shape index (κ1) is 21.6. The van der Waals surface area contributed by atoms with Crippen LogP contribution in [-0.2, 0) is 4.79 Å². The van der Waals surface area contributed by atoms with Gasteiger partial charge in [-0.25, -0.2) is 0 Å². The first-order valence-corrected chi connectivity index (χ1v) is 12.3. The van der Waals surface area contributed by atoms with Gasteiger partial charge in [-0.15, -0.1) is 10.2 Å². The molecule has 0 spiro atoms. The Kier molecular flexibility index (Phi) is 7.09. The number of aromatic nitrogens is 2. The van der Waals surface area contributed by atoms with Crippen LogP contribution in [0.15, 0.2) is 46.8 Å². The van der Waals surface area contributed by atoms with Crippen LogP contribution in [0.25, 0.3) is 0 Å². The van der Waals surface area contributed by atoms with Gasteiger partial charge in [-0.2, -0.15) is 0 Å². The number of hydrogen-bond acceptors (Lipinski definition) is 7. The third-order valence-electron chi connectivity index (χ3n) is 5.36. The molecule has 31 heavy (non-hydrogen) atoms. The van der Waals surface area contributed by atoms with Gasteiger partial charge >= 0.3 is 0 Å². The Hall–Kier alpha value is -2.58. The standard InChI is InChI=1S/C23H27N5OS2/c1-16-6-7-19(14-17(16)2)25-22-26-27-23(31-22)30-15-21(29)24-18-8-10-20(11-9-18)28-12-4-3-5-13-28/h6-11,14H,3-5,12-13,15H2,1-2H3,(H,24,29)(H,25,26). The average molecular weight is 454 g/mol. The van der Waals surface area contributed by atoms with Gasteiger partial charge in [0.05, 0.1) is 5.75 Å². The predicted molar refractivity (Wildman–Crippen MR) is 131 cm³/mol. The summed E-state index contributed by atoms with van der Waals surface area (Å²) in [5, 5.41) is 15.3. The summed E-state index contributed by atoms with van der Waals surface area (Å²) in [4.78, 5) is 14.7. The lowest BCUT2D eigenvalue weighted by Gasteiger charge is -2.28. The van der Waals surface area contributed by atoms with Gasteiger partial charge in [-0.3, -0.25) is 4.79 Å². The summed E-state index contributed by atoms with van der Waals surface area (Å²) in [6, 6.07) is 14.3. The fraction of sp³-hybridized carbons (Fsp3) is 0.348. The quantitative estimate of drug-likeness (QED) is 0.453. The van der Waals surface area contributed by atoms with Gasteiger partial charge in [0, 0.05) is 30.2 Å². The molecule has 8 heteroatoms. The van der Waals surface area contributed by atoms with Crippen molar-refractivity contribution < 1.29 is 4.79 Å². The number of piperidine rings is 1. The maximum absolute atomic E-state index is 12.3. The Morgan fingerprint density at radius 3 is 2.48 bits per heavy atom. The smallest absolute Gasteiger partial charge is 0.234 e. The summed E-state index contributed by atoms with van der Waals surface area (Å²) in [6.07, 6.45) is 3.83. The molecule has 1 amide bonds. The second-order valence-corrected chi connectivity index (χ2v) is 9.93. The molecule has 2 aromatic carbocycles. The highest BCUT2D eigenvalue weighted by Gasteiger charge is 2.12. The van der Waals surface area contributed by atoms with Crippen molar-refractivity contribution >= 4 is 51.2 Å². The normalized spacial score (nSPS) is 13.8. The Balaban J connectivity index is 1.25. The Morgan fingerprint density at radius 1 is 1.00 bits per heavy atom. The first-order chi connectivity index (χ1) is 15.1. The fourth-order valence-electron chi connectivity index (χ4n) is 3.49. The van der Waals surface area contributed by atoms with Crippen LogP contribution in [0.4, 0.5) is 22.2 Å². The molecule has 1 aromatic heterocycles. The summed E-state index contributed by atoms with van der Waals surface area (Å²) in [5.41, 5.74) is 5.52. The number of anilines is 4. The highest BCUT2D eigenvalue weighted by atomic mass is 32.2. The lowest BCUT2D eigenvalue weighted by atomic mass is 10.1. The zero-order chi connectivity index (χ0) is 21.6. The minimum Gasteiger partial charge on any atom is -0.372 e. The van der Waals surface area contributed by atoms with E-state index in [1.54, 1.807) is 0 Å². The molecule has 0 bridgehead atoms. The number of carbonyl (C=O) groups excluding carboxylic acids is 1. The van der Waals surface area contributed by atoms with Crippen LogP contribution >= 0.6 is 23.1 Å². The average Bonchev–Trinajstić information content (AvgIpc) is 3.23. The molecule has 4 rings (SSSR count). The van der Waals surface area contributed by atoms with E-state index in [4.69, 9.17) is 0 Å². The minimum absolute atomic E-state index is 0.0467. The first-order valence-electron chi connectivity index (χ1n) is 10.5. The number of thioether (sulfide) groups is 1. The molecule has 0 saturated carbocycles. The van der Waals surface area contributed by atoms with Gasteiger partial charge in [0.1, 0.15) is 0 Å². The molecule has 0 radical (unpaired) electrons. The van der Waals surface area contributed by atoms with Crippen molar-refractivity contribution in [2.75, 3.05) is 34.4 Å². The lowest BCUT2D eigenvalue weighted by molar-refractivity contribution is -0.113. The van der Waals surface area contributed by atoms with Gasteiger partial charge in [-0.05, 0) is 80.6 Å². The number of nitrogens with zero attached hydrogens (tertiary/aromatic N) is 3. The summed E-state index contributed by atoms with van der Waals surface area (Å²) < 4.78 is 0.766. The Labute approximate surface area is 191 Å². The lowest BCUT2D eigenvalue weighted by Crippen LogP contribution is -2.29. The number of aryl methyl sites for hydroxylation is 2. The predicted octanol–water partition coefficient (Wildman–Crippen LogP) is 5.62. The van der Waals surface area contributed by atoms with Crippen molar-refractivity contribution in [3.05, 3.63) is 53.6 Å². The van der Waals surface area contributed by atoms with Crippen LogP contribution in [-0.4, -0.2) is 34.9 Å². The molecule has 2 heterocycles. The van der Waals surface area contributed by atoms with Crippen molar-refractivity contribution in [1.29, 1.82) is 0 Å². The second-order valence-electron chi connectivity index (χ2n) is 7.73.